The first-order valence-electron chi connectivity index (χ1n) is 6.47. The van der Waals surface area contributed by atoms with Gasteiger partial charge in [0.15, 0.2) is 0 Å². The Labute approximate surface area is 109 Å². The molecule has 1 unspecified atom stereocenters. The van der Waals surface area contributed by atoms with Crippen molar-refractivity contribution in [1.82, 2.24) is 4.90 Å². The molecule has 1 aliphatic rings. The van der Waals surface area contributed by atoms with Crippen LogP contribution < -0.4 is 0 Å². The number of rotatable bonds is 4. The number of carbonyl (C=O) groups is 1. The lowest BCUT2D eigenvalue weighted by Crippen LogP contribution is -2.34. The first-order chi connectivity index (χ1) is 7.94. The van der Waals surface area contributed by atoms with Gasteiger partial charge < -0.3 is 9.64 Å². The third-order valence-electron chi connectivity index (χ3n) is 3.15. The number of nitrogens with zero attached hydrogens (tertiary/aromatic N) is 1. The molecule has 0 aromatic carbocycles. The van der Waals surface area contributed by atoms with E-state index >= 15 is 0 Å². The van der Waals surface area contributed by atoms with E-state index in [1.54, 1.807) is 0 Å². The number of hydrogen-bond donors (Lipinski definition) is 0. The largest absolute Gasteiger partial charge is 0.466 e. The summed E-state index contributed by atoms with van der Waals surface area (Å²) in [5, 5.41) is 0. The molecule has 1 fully saturated rings. The second-order valence-electron chi connectivity index (χ2n) is 5.31. The van der Waals surface area contributed by atoms with Crippen LogP contribution in [0, 0.1) is 5.92 Å². The average molecular weight is 259 g/mol. The molecule has 0 aromatic heterocycles. The summed E-state index contributed by atoms with van der Waals surface area (Å²) in [6, 6.07) is 0. The van der Waals surface area contributed by atoms with Crippen LogP contribution in [0.3, 0.4) is 0 Å². The Kier molecular flexibility index (Phi) is 5.80. The van der Waals surface area contributed by atoms with Crippen molar-refractivity contribution in [1.29, 1.82) is 0 Å². The minimum Gasteiger partial charge on any atom is -0.466 e. The van der Waals surface area contributed by atoms with Crippen LogP contribution in [0.1, 0.15) is 34.1 Å². The molecule has 0 aliphatic carbocycles. The minimum absolute atomic E-state index is 0.0128. The molecule has 0 bridgehead atoms. The molecule has 17 heavy (non-hydrogen) atoms. The molecule has 100 valence electrons. The predicted octanol–water partition coefficient (Wildman–Crippen LogP) is 2.40. The fourth-order valence-corrected chi connectivity index (χ4v) is 3.13. The number of thioether (sulfide) groups is 1. The van der Waals surface area contributed by atoms with Gasteiger partial charge in [-0.15, -0.1) is 0 Å². The Morgan fingerprint density at radius 1 is 1.47 bits per heavy atom. The van der Waals surface area contributed by atoms with Crippen molar-refractivity contribution in [2.75, 3.05) is 32.0 Å². The van der Waals surface area contributed by atoms with Crippen molar-refractivity contribution in [3.8, 4) is 0 Å². The van der Waals surface area contributed by atoms with Gasteiger partial charge in [0.2, 0.25) is 0 Å². The van der Waals surface area contributed by atoms with Crippen LogP contribution in [0.5, 0.6) is 0 Å². The number of hydrogen-bond acceptors (Lipinski definition) is 4. The number of esters is 1. The molecule has 0 aromatic rings. The summed E-state index contributed by atoms with van der Waals surface area (Å²) in [5.74, 6) is 1.08. The van der Waals surface area contributed by atoms with Crippen LogP contribution in [0.2, 0.25) is 0 Å². The monoisotopic (exact) mass is 259 g/mol. The van der Waals surface area contributed by atoms with Gasteiger partial charge in [0.25, 0.3) is 0 Å². The lowest BCUT2D eigenvalue weighted by Gasteiger charge is -2.24. The average Bonchev–Trinajstić information content (AvgIpc) is 2.41. The van der Waals surface area contributed by atoms with Crippen molar-refractivity contribution >= 4 is 17.7 Å². The van der Waals surface area contributed by atoms with Crippen LogP contribution in [0.15, 0.2) is 0 Å². The zero-order valence-electron chi connectivity index (χ0n) is 11.5. The molecular formula is C13H25NO2S. The van der Waals surface area contributed by atoms with Crippen LogP contribution in [-0.4, -0.2) is 47.6 Å². The molecule has 0 spiro atoms. The molecule has 1 rings (SSSR count). The van der Waals surface area contributed by atoms with E-state index in [9.17, 15) is 4.79 Å². The maximum atomic E-state index is 11.6. The zero-order valence-corrected chi connectivity index (χ0v) is 12.3. The molecule has 0 radical (unpaired) electrons. The lowest BCUT2D eigenvalue weighted by molar-refractivity contribution is -0.148. The van der Waals surface area contributed by atoms with Gasteiger partial charge in [0.05, 0.1) is 12.5 Å². The van der Waals surface area contributed by atoms with Gasteiger partial charge in [0, 0.05) is 23.6 Å². The highest BCUT2D eigenvalue weighted by molar-refractivity contribution is 8.00. The molecular weight excluding hydrogens is 234 g/mol. The molecule has 0 amide bonds. The summed E-state index contributed by atoms with van der Waals surface area (Å²) in [5.41, 5.74) is 0. The summed E-state index contributed by atoms with van der Waals surface area (Å²) in [4.78, 5) is 14.0. The standard InChI is InChI=1S/C13H25NO2S/c1-5-16-12(15)11(2)10-14-7-6-13(3,4)17-9-8-14/h11H,5-10H2,1-4H3. The van der Waals surface area contributed by atoms with Crippen molar-refractivity contribution in [2.24, 2.45) is 5.92 Å². The highest BCUT2D eigenvalue weighted by Crippen LogP contribution is 2.30. The van der Waals surface area contributed by atoms with Gasteiger partial charge in [-0.25, -0.2) is 0 Å². The fraction of sp³-hybridized carbons (Fsp3) is 0.923. The zero-order chi connectivity index (χ0) is 12.9. The van der Waals surface area contributed by atoms with E-state index in [4.69, 9.17) is 4.74 Å². The van der Waals surface area contributed by atoms with E-state index in [0.29, 0.717) is 11.4 Å². The fourth-order valence-electron chi connectivity index (χ4n) is 1.99. The van der Waals surface area contributed by atoms with E-state index in [-0.39, 0.29) is 11.9 Å². The van der Waals surface area contributed by atoms with Crippen molar-refractivity contribution in [3.63, 3.8) is 0 Å². The second-order valence-corrected chi connectivity index (χ2v) is 7.11. The maximum Gasteiger partial charge on any atom is 0.309 e. The van der Waals surface area contributed by atoms with E-state index in [0.717, 1.165) is 25.4 Å². The first kappa shape index (κ1) is 14.8. The summed E-state index contributed by atoms with van der Waals surface area (Å²) in [6.07, 6.45) is 1.19. The highest BCUT2D eigenvalue weighted by Gasteiger charge is 2.25. The predicted molar refractivity (Wildman–Crippen MR) is 73.4 cm³/mol. The topological polar surface area (TPSA) is 29.5 Å². The van der Waals surface area contributed by atoms with Crippen molar-refractivity contribution in [3.05, 3.63) is 0 Å². The Morgan fingerprint density at radius 2 is 2.18 bits per heavy atom. The summed E-state index contributed by atoms with van der Waals surface area (Å²) < 4.78 is 5.42. The van der Waals surface area contributed by atoms with Crippen LogP contribution >= 0.6 is 11.8 Å². The van der Waals surface area contributed by atoms with Gasteiger partial charge >= 0.3 is 5.97 Å². The van der Waals surface area contributed by atoms with Crippen molar-refractivity contribution in [2.45, 2.75) is 38.9 Å². The Balaban J connectivity index is 2.38. The van der Waals surface area contributed by atoms with Gasteiger partial charge in [-0.3, -0.25) is 4.79 Å². The Bertz CT molecular complexity index is 256. The van der Waals surface area contributed by atoms with E-state index < -0.39 is 0 Å². The van der Waals surface area contributed by atoms with Crippen LogP contribution in [0.25, 0.3) is 0 Å². The van der Waals surface area contributed by atoms with Crippen LogP contribution in [-0.2, 0) is 9.53 Å². The molecule has 3 nitrogen and oxygen atoms in total. The molecule has 0 N–H and O–H groups in total. The molecule has 1 aliphatic heterocycles. The quantitative estimate of drug-likeness (QED) is 0.725. The van der Waals surface area contributed by atoms with Gasteiger partial charge in [-0.2, -0.15) is 11.8 Å². The highest BCUT2D eigenvalue weighted by atomic mass is 32.2. The molecule has 1 heterocycles. The molecule has 1 saturated heterocycles. The van der Waals surface area contributed by atoms with Crippen LogP contribution in [0.4, 0.5) is 0 Å². The summed E-state index contributed by atoms with van der Waals surface area (Å²) >= 11 is 2.03. The van der Waals surface area contributed by atoms with E-state index in [2.05, 4.69) is 18.7 Å². The second kappa shape index (κ2) is 6.64. The van der Waals surface area contributed by atoms with Crippen molar-refractivity contribution < 1.29 is 9.53 Å². The third kappa shape index (κ3) is 5.30. The summed E-state index contributed by atoms with van der Waals surface area (Å²) in [6.45, 7) is 11.9. The minimum atomic E-state index is -0.0661. The number of carbonyl (C=O) groups excluding carboxylic acids is 1. The van der Waals surface area contributed by atoms with Gasteiger partial charge in [0.1, 0.15) is 0 Å². The third-order valence-corrected chi connectivity index (χ3v) is 4.52. The maximum absolute atomic E-state index is 11.6. The smallest absolute Gasteiger partial charge is 0.309 e. The number of ether oxygens (including phenoxy) is 1. The molecule has 4 heteroatoms. The summed E-state index contributed by atoms with van der Waals surface area (Å²) in [7, 11) is 0. The Hall–Kier alpha value is -0.220. The van der Waals surface area contributed by atoms with Gasteiger partial charge in [-0.05, 0) is 19.9 Å². The normalized spacial score (nSPS) is 22.8. The van der Waals surface area contributed by atoms with Gasteiger partial charge in [-0.1, -0.05) is 20.8 Å². The Morgan fingerprint density at radius 3 is 2.82 bits per heavy atom. The molecule has 0 saturated carbocycles. The lowest BCUT2D eigenvalue weighted by atomic mass is 10.1. The van der Waals surface area contributed by atoms with E-state index in [1.165, 1.54) is 6.42 Å². The first-order valence-corrected chi connectivity index (χ1v) is 7.46. The SMILES string of the molecule is CCOC(=O)C(C)CN1CCSC(C)(C)CC1. The molecule has 1 atom stereocenters. The van der Waals surface area contributed by atoms with E-state index in [1.807, 2.05) is 25.6 Å².